The second-order valence-electron chi connectivity index (χ2n) is 9.36. The lowest BCUT2D eigenvalue weighted by Crippen LogP contribution is -2.62. The van der Waals surface area contributed by atoms with Gasteiger partial charge in [-0.2, -0.15) is 0 Å². The van der Waals surface area contributed by atoms with Gasteiger partial charge in [-0.15, -0.1) is 10.2 Å². The minimum absolute atomic E-state index is 0.0955. The standard InChI is InChI=1S/C24H33N5/c1-8-13-25-21-14-18(10-9-17(21)2)20-11-12-22(27-26-20)29(7)19-15-23(3,4)28-24(5,6)16-19/h8-14,19,28H,1,15-16H2,2-7H3/b25-13-. The van der Waals surface area contributed by atoms with Gasteiger partial charge >= 0.3 is 0 Å². The van der Waals surface area contributed by atoms with E-state index in [4.69, 9.17) is 0 Å². The first-order valence-electron chi connectivity index (χ1n) is 10.2. The van der Waals surface area contributed by atoms with Crippen LogP contribution in [0.5, 0.6) is 0 Å². The predicted octanol–water partition coefficient (Wildman–Crippen LogP) is 5.09. The summed E-state index contributed by atoms with van der Waals surface area (Å²) in [5, 5.41) is 12.8. The van der Waals surface area contributed by atoms with Gasteiger partial charge in [-0.25, -0.2) is 0 Å². The molecule has 5 nitrogen and oxygen atoms in total. The molecule has 0 aliphatic carbocycles. The number of anilines is 1. The van der Waals surface area contributed by atoms with E-state index in [2.05, 4.69) is 84.9 Å². The van der Waals surface area contributed by atoms with Crippen LogP contribution in [-0.2, 0) is 0 Å². The zero-order valence-electron chi connectivity index (χ0n) is 18.5. The van der Waals surface area contributed by atoms with Gasteiger partial charge in [0.2, 0.25) is 0 Å². The number of benzene rings is 1. The van der Waals surface area contributed by atoms with Gasteiger partial charge in [-0.05, 0) is 71.2 Å². The van der Waals surface area contributed by atoms with Crippen LogP contribution < -0.4 is 10.2 Å². The fourth-order valence-corrected chi connectivity index (χ4v) is 4.44. The summed E-state index contributed by atoms with van der Waals surface area (Å²) in [5.74, 6) is 0.907. The van der Waals surface area contributed by atoms with Crippen molar-refractivity contribution in [1.29, 1.82) is 0 Å². The average Bonchev–Trinajstić information content (AvgIpc) is 2.64. The van der Waals surface area contributed by atoms with E-state index in [0.717, 1.165) is 41.2 Å². The van der Waals surface area contributed by atoms with E-state index in [-0.39, 0.29) is 11.1 Å². The molecule has 1 aliphatic heterocycles. The Hall–Kier alpha value is -2.53. The van der Waals surface area contributed by atoms with Crippen LogP contribution in [0.25, 0.3) is 11.3 Å². The van der Waals surface area contributed by atoms with Crippen LogP contribution in [0.1, 0.15) is 46.1 Å². The van der Waals surface area contributed by atoms with Crippen molar-refractivity contribution in [3.05, 3.63) is 48.6 Å². The molecule has 1 aromatic heterocycles. The summed E-state index contributed by atoms with van der Waals surface area (Å²) in [6.45, 7) is 14.8. The van der Waals surface area contributed by atoms with Gasteiger partial charge in [0.25, 0.3) is 0 Å². The van der Waals surface area contributed by atoms with E-state index in [1.165, 1.54) is 0 Å². The Labute approximate surface area is 175 Å². The van der Waals surface area contributed by atoms with Gasteiger partial charge in [0.05, 0.1) is 11.4 Å². The van der Waals surface area contributed by atoms with Crippen molar-refractivity contribution in [3.8, 4) is 11.3 Å². The number of nitrogens with zero attached hydrogens (tertiary/aromatic N) is 4. The van der Waals surface area contributed by atoms with Crippen molar-refractivity contribution >= 4 is 17.7 Å². The highest BCUT2D eigenvalue weighted by Gasteiger charge is 2.39. The number of nitrogens with one attached hydrogen (secondary N) is 1. The zero-order chi connectivity index (χ0) is 21.2. The lowest BCUT2D eigenvalue weighted by molar-refractivity contribution is 0.160. The van der Waals surface area contributed by atoms with Gasteiger partial charge in [0.1, 0.15) is 0 Å². The summed E-state index contributed by atoms with van der Waals surface area (Å²) >= 11 is 0. The van der Waals surface area contributed by atoms with E-state index in [9.17, 15) is 0 Å². The Morgan fingerprint density at radius 2 is 1.79 bits per heavy atom. The fraction of sp³-hybridized carbons (Fsp3) is 0.458. The first-order chi connectivity index (χ1) is 13.6. The summed E-state index contributed by atoms with van der Waals surface area (Å²) in [6.07, 6.45) is 5.52. The van der Waals surface area contributed by atoms with Crippen molar-refractivity contribution in [3.63, 3.8) is 0 Å². The van der Waals surface area contributed by atoms with Crippen LogP contribution >= 0.6 is 0 Å². The fourth-order valence-electron chi connectivity index (χ4n) is 4.44. The highest BCUT2D eigenvalue weighted by atomic mass is 15.3. The molecule has 0 saturated carbocycles. The summed E-state index contributed by atoms with van der Waals surface area (Å²) in [7, 11) is 2.12. The van der Waals surface area contributed by atoms with Gasteiger partial charge in [-0.1, -0.05) is 24.8 Å². The van der Waals surface area contributed by atoms with Gasteiger partial charge < -0.3 is 10.2 Å². The smallest absolute Gasteiger partial charge is 0.151 e. The van der Waals surface area contributed by atoms with Gasteiger partial charge in [0, 0.05) is 35.9 Å². The normalized spacial score (nSPS) is 18.7. The molecule has 29 heavy (non-hydrogen) atoms. The first-order valence-corrected chi connectivity index (χ1v) is 10.2. The second-order valence-corrected chi connectivity index (χ2v) is 9.36. The Balaban J connectivity index is 1.81. The molecule has 2 aromatic rings. The molecule has 1 saturated heterocycles. The lowest BCUT2D eigenvalue weighted by atomic mass is 9.79. The monoisotopic (exact) mass is 391 g/mol. The number of allylic oxidation sites excluding steroid dienone is 1. The summed E-state index contributed by atoms with van der Waals surface area (Å²) in [5.41, 5.74) is 4.09. The van der Waals surface area contributed by atoms with Crippen molar-refractivity contribution in [1.82, 2.24) is 15.5 Å². The summed E-state index contributed by atoms with van der Waals surface area (Å²) < 4.78 is 0. The number of hydrogen-bond donors (Lipinski definition) is 1. The van der Waals surface area contributed by atoms with E-state index in [1.54, 1.807) is 12.3 Å². The molecule has 1 aromatic carbocycles. The molecule has 154 valence electrons. The average molecular weight is 392 g/mol. The Bertz CT molecular complexity index is 880. The molecule has 1 fully saturated rings. The number of aryl methyl sites for hydroxylation is 1. The second kappa shape index (κ2) is 8.07. The molecule has 5 heteroatoms. The van der Waals surface area contributed by atoms with Gasteiger partial charge in [-0.3, -0.25) is 4.99 Å². The number of aromatic nitrogens is 2. The maximum atomic E-state index is 4.54. The van der Waals surface area contributed by atoms with Crippen molar-refractivity contribution < 1.29 is 0 Å². The van der Waals surface area contributed by atoms with Crippen LogP contribution in [0, 0.1) is 6.92 Å². The largest absolute Gasteiger partial charge is 0.355 e. The maximum Gasteiger partial charge on any atom is 0.151 e. The molecule has 3 rings (SSSR count). The highest BCUT2D eigenvalue weighted by Crippen LogP contribution is 2.33. The molecule has 0 unspecified atom stereocenters. The van der Waals surface area contributed by atoms with Crippen molar-refractivity contribution in [2.45, 2.75) is 64.6 Å². The Morgan fingerprint density at radius 3 is 2.38 bits per heavy atom. The highest BCUT2D eigenvalue weighted by molar-refractivity contribution is 5.76. The minimum Gasteiger partial charge on any atom is -0.355 e. The molecule has 1 N–H and O–H groups in total. The van der Waals surface area contributed by atoms with E-state index >= 15 is 0 Å². The molecule has 0 atom stereocenters. The van der Waals surface area contributed by atoms with Crippen LogP contribution in [0.2, 0.25) is 0 Å². The molecule has 1 aliphatic rings. The molecular weight excluding hydrogens is 358 g/mol. The van der Waals surface area contributed by atoms with E-state index < -0.39 is 0 Å². The van der Waals surface area contributed by atoms with Crippen molar-refractivity contribution in [2.75, 3.05) is 11.9 Å². The molecule has 2 heterocycles. The minimum atomic E-state index is 0.0955. The van der Waals surface area contributed by atoms with E-state index in [0.29, 0.717) is 6.04 Å². The summed E-state index contributed by atoms with van der Waals surface area (Å²) in [6, 6.07) is 10.7. The SMILES string of the molecule is C=C/C=N\c1cc(-c2ccc(N(C)C3CC(C)(C)NC(C)(C)C3)nn2)ccc1C. The van der Waals surface area contributed by atoms with Gasteiger partial charge in [0.15, 0.2) is 5.82 Å². The predicted molar refractivity (Wildman–Crippen MR) is 123 cm³/mol. The topological polar surface area (TPSA) is 53.4 Å². The molecule has 0 spiro atoms. The quantitative estimate of drug-likeness (QED) is 0.722. The molecule has 0 radical (unpaired) electrons. The van der Waals surface area contributed by atoms with Crippen LogP contribution in [0.3, 0.4) is 0 Å². The maximum absolute atomic E-state index is 4.54. The third kappa shape index (κ3) is 5.10. The van der Waals surface area contributed by atoms with Crippen molar-refractivity contribution in [2.24, 2.45) is 4.99 Å². The zero-order valence-corrected chi connectivity index (χ0v) is 18.5. The van der Waals surface area contributed by atoms with Crippen LogP contribution in [0.15, 0.2) is 48.0 Å². The molecular formula is C24H33N5. The van der Waals surface area contributed by atoms with E-state index in [1.807, 2.05) is 19.1 Å². The van der Waals surface area contributed by atoms with Crippen LogP contribution in [0.4, 0.5) is 11.5 Å². The number of aliphatic imine (C=N–C) groups is 1. The third-order valence-electron chi connectivity index (χ3n) is 5.55. The lowest BCUT2D eigenvalue weighted by Gasteiger charge is -2.49. The number of piperidine rings is 1. The third-order valence-corrected chi connectivity index (χ3v) is 5.55. The Morgan fingerprint density at radius 1 is 1.10 bits per heavy atom. The molecule has 0 bridgehead atoms. The van der Waals surface area contributed by atoms with Crippen LogP contribution in [-0.4, -0.2) is 40.6 Å². The number of rotatable bonds is 5. The first kappa shape index (κ1) is 21.2. The molecule has 0 amide bonds. The number of hydrogen-bond acceptors (Lipinski definition) is 5. The Kier molecular flexibility index (Phi) is 5.90. The summed E-state index contributed by atoms with van der Waals surface area (Å²) in [4.78, 5) is 6.71.